The average molecular weight is 298 g/mol. The van der Waals surface area contributed by atoms with Crippen LogP contribution in [0.2, 0.25) is 0 Å². The van der Waals surface area contributed by atoms with Crippen LogP contribution in [-0.2, 0) is 4.79 Å². The minimum absolute atomic E-state index is 0. The molecule has 0 aromatic rings. The summed E-state index contributed by atoms with van der Waals surface area (Å²) in [6.07, 6.45) is 4.28. The van der Waals surface area contributed by atoms with E-state index in [1.54, 1.807) is 0 Å². The first-order valence-electron chi connectivity index (χ1n) is 6.41. The van der Waals surface area contributed by atoms with Gasteiger partial charge < -0.3 is 15.5 Å². The molecular weight excluding hydrogens is 273 g/mol. The molecule has 3 unspecified atom stereocenters. The number of hydrogen-bond acceptors (Lipinski definition) is 3. The zero-order valence-corrected chi connectivity index (χ0v) is 12.8. The van der Waals surface area contributed by atoms with Gasteiger partial charge in [0.05, 0.1) is 6.04 Å². The number of nitrogens with zero attached hydrogens (tertiary/aromatic N) is 1. The normalized spacial score (nSPS) is 32.2. The summed E-state index contributed by atoms with van der Waals surface area (Å²) in [5.41, 5.74) is 0. The van der Waals surface area contributed by atoms with Crippen LogP contribution in [0.3, 0.4) is 0 Å². The summed E-state index contributed by atoms with van der Waals surface area (Å²) >= 11 is 0. The number of carbonyl (C=O) groups is 1. The number of nitrogens with one attached hydrogen (secondary N) is 2. The molecule has 0 radical (unpaired) electrons. The minimum atomic E-state index is 0. The largest absolute Gasteiger partial charge is 0.352 e. The lowest BCUT2D eigenvalue weighted by molar-refractivity contribution is -0.123. The van der Waals surface area contributed by atoms with Crippen molar-refractivity contribution in [2.75, 3.05) is 20.1 Å². The maximum Gasteiger partial charge on any atom is 0.237 e. The van der Waals surface area contributed by atoms with Gasteiger partial charge in [0.25, 0.3) is 0 Å². The van der Waals surface area contributed by atoms with E-state index in [0.29, 0.717) is 12.1 Å². The highest BCUT2D eigenvalue weighted by atomic mass is 35.5. The van der Waals surface area contributed by atoms with Gasteiger partial charge in [-0.05, 0) is 46.2 Å². The number of carbonyl (C=O) groups excluding carboxylic acids is 1. The molecular formula is C12H25Cl2N3O. The van der Waals surface area contributed by atoms with E-state index in [1.165, 1.54) is 0 Å². The molecule has 0 bridgehead atoms. The third-order valence-corrected chi connectivity index (χ3v) is 3.93. The molecule has 2 N–H and O–H groups in total. The fraction of sp³-hybridized carbons (Fsp3) is 0.917. The number of amides is 1. The van der Waals surface area contributed by atoms with E-state index in [9.17, 15) is 4.79 Å². The van der Waals surface area contributed by atoms with Crippen LogP contribution < -0.4 is 10.6 Å². The lowest BCUT2D eigenvalue weighted by atomic mass is 9.98. The monoisotopic (exact) mass is 297 g/mol. The van der Waals surface area contributed by atoms with Crippen molar-refractivity contribution in [3.63, 3.8) is 0 Å². The van der Waals surface area contributed by atoms with E-state index in [1.807, 2.05) is 0 Å². The molecule has 2 rings (SSSR count). The second kappa shape index (κ2) is 8.20. The summed E-state index contributed by atoms with van der Waals surface area (Å²) in [5.74, 6) is 0.208. The first kappa shape index (κ1) is 18.0. The van der Waals surface area contributed by atoms with Gasteiger partial charge in [0.1, 0.15) is 0 Å². The molecule has 2 aliphatic rings. The Morgan fingerprint density at radius 1 is 1.33 bits per heavy atom. The summed E-state index contributed by atoms with van der Waals surface area (Å²) in [6, 6.07) is 1.02. The zero-order valence-electron chi connectivity index (χ0n) is 11.1. The number of likely N-dealkylation sites (tertiary alicyclic amines) is 1. The van der Waals surface area contributed by atoms with Gasteiger partial charge in [-0.3, -0.25) is 4.79 Å². The Labute approximate surface area is 122 Å². The fourth-order valence-corrected chi connectivity index (χ4v) is 2.63. The van der Waals surface area contributed by atoms with Crippen LogP contribution >= 0.6 is 24.8 Å². The maximum atomic E-state index is 11.9. The molecule has 3 atom stereocenters. The summed E-state index contributed by atoms with van der Waals surface area (Å²) in [6.45, 7) is 4.30. The number of halogens is 2. The van der Waals surface area contributed by atoms with E-state index < -0.39 is 0 Å². The summed E-state index contributed by atoms with van der Waals surface area (Å²) in [4.78, 5) is 14.3. The van der Waals surface area contributed by atoms with Gasteiger partial charge >= 0.3 is 0 Å². The summed E-state index contributed by atoms with van der Waals surface area (Å²) < 4.78 is 0. The van der Waals surface area contributed by atoms with E-state index in [0.717, 1.165) is 38.8 Å². The third kappa shape index (κ3) is 4.57. The molecule has 0 saturated carbocycles. The van der Waals surface area contributed by atoms with Crippen LogP contribution in [0.25, 0.3) is 0 Å². The van der Waals surface area contributed by atoms with Crippen LogP contribution in [0.1, 0.15) is 32.6 Å². The van der Waals surface area contributed by atoms with Gasteiger partial charge in [0, 0.05) is 18.6 Å². The summed E-state index contributed by atoms with van der Waals surface area (Å²) in [5, 5.41) is 6.43. The van der Waals surface area contributed by atoms with Gasteiger partial charge in [-0.2, -0.15) is 0 Å². The predicted molar refractivity (Wildman–Crippen MR) is 78.8 cm³/mol. The van der Waals surface area contributed by atoms with E-state index in [4.69, 9.17) is 0 Å². The molecule has 18 heavy (non-hydrogen) atoms. The fourth-order valence-electron chi connectivity index (χ4n) is 2.63. The topological polar surface area (TPSA) is 44.4 Å². The molecule has 2 heterocycles. The Hall–Kier alpha value is -0.0300. The smallest absolute Gasteiger partial charge is 0.237 e. The SMILES string of the molecule is CC1CC(NC(=O)C2CCCN2)CCN1C.Cl.Cl. The van der Waals surface area contributed by atoms with Crippen molar-refractivity contribution in [2.45, 2.75) is 50.7 Å². The Morgan fingerprint density at radius 2 is 2.06 bits per heavy atom. The Morgan fingerprint density at radius 3 is 2.61 bits per heavy atom. The van der Waals surface area contributed by atoms with Gasteiger partial charge in [0.15, 0.2) is 0 Å². The molecule has 108 valence electrons. The van der Waals surface area contributed by atoms with E-state index >= 15 is 0 Å². The Balaban J connectivity index is 0.00000144. The molecule has 1 amide bonds. The molecule has 2 saturated heterocycles. The number of piperidine rings is 1. The van der Waals surface area contributed by atoms with Crippen molar-refractivity contribution >= 4 is 30.7 Å². The quantitative estimate of drug-likeness (QED) is 0.805. The molecule has 2 fully saturated rings. The molecule has 4 nitrogen and oxygen atoms in total. The second-order valence-corrected chi connectivity index (χ2v) is 5.21. The third-order valence-electron chi connectivity index (χ3n) is 3.93. The molecule has 0 aromatic heterocycles. The van der Waals surface area contributed by atoms with Gasteiger partial charge in [0.2, 0.25) is 5.91 Å². The average Bonchev–Trinajstić information content (AvgIpc) is 2.77. The molecule has 2 aliphatic heterocycles. The molecule has 0 spiro atoms. The van der Waals surface area contributed by atoms with Crippen LogP contribution in [-0.4, -0.2) is 49.1 Å². The standard InChI is InChI=1S/C12H23N3O.2ClH/c1-9-8-10(5-7-15(9)2)14-12(16)11-4-3-6-13-11;;/h9-11,13H,3-8H2,1-2H3,(H,14,16);2*1H. The van der Waals surface area contributed by atoms with Gasteiger partial charge in [-0.25, -0.2) is 0 Å². The Bertz CT molecular complexity index is 260. The van der Waals surface area contributed by atoms with Crippen molar-refractivity contribution in [1.82, 2.24) is 15.5 Å². The predicted octanol–water partition coefficient (Wildman–Crippen LogP) is 1.18. The highest BCUT2D eigenvalue weighted by molar-refractivity contribution is 5.85. The molecule has 0 aromatic carbocycles. The van der Waals surface area contributed by atoms with Crippen molar-refractivity contribution in [1.29, 1.82) is 0 Å². The van der Waals surface area contributed by atoms with Crippen molar-refractivity contribution in [3.05, 3.63) is 0 Å². The van der Waals surface area contributed by atoms with E-state index in [-0.39, 0.29) is 36.8 Å². The number of hydrogen-bond donors (Lipinski definition) is 2. The van der Waals surface area contributed by atoms with Crippen molar-refractivity contribution in [3.8, 4) is 0 Å². The minimum Gasteiger partial charge on any atom is -0.352 e. The van der Waals surface area contributed by atoms with Crippen molar-refractivity contribution < 1.29 is 4.79 Å². The lowest BCUT2D eigenvalue weighted by Crippen LogP contribution is -2.51. The lowest BCUT2D eigenvalue weighted by Gasteiger charge is -2.35. The van der Waals surface area contributed by atoms with Crippen LogP contribution in [0.15, 0.2) is 0 Å². The van der Waals surface area contributed by atoms with Crippen LogP contribution in [0.5, 0.6) is 0 Å². The van der Waals surface area contributed by atoms with Gasteiger partial charge in [-0.1, -0.05) is 0 Å². The first-order valence-corrected chi connectivity index (χ1v) is 6.41. The highest BCUT2D eigenvalue weighted by Gasteiger charge is 2.27. The molecule has 6 heteroatoms. The van der Waals surface area contributed by atoms with E-state index in [2.05, 4.69) is 29.5 Å². The second-order valence-electron chi connectivity index (χ2n) is 5.21. The van der Waals surface area contributed by atoms with Crippen LogP contribution in [0.4, 0.5) is 0 Å². The maximum absolute atomic E-state index is 11.9. The number of rotatable bonds is 2. The van der Waals surface area contributed by atoms with Crippen LogP contribution in [0, 0.1) is 0 Å². The summed E-state index contributed by atoms with van der Waals surface area (Å²) in [7, 11) is 2.15. The van der Waals surface area contributed by atoms with Gasteiger partial charge in [-0.15, -0.1) is 24.8 Å². The first-order chi connectivity index (χ1) is 7.66. The Kier molecular flexibility index (Phi) is 8.19. The molecule has 0 aliphatic carbocycles. The zero-order chi connectivity index (χ0) is 11.5. The van der Waals surface area contributed by atoms with Crippen molar-refractivity contribution in [2.24, 2.45) is 0 Å². The highest BCUT2D eigenvalue weighted by Crippen LogP contribution is 2.16.